The van der Waals surface area contributed by atoms with Crippen molar-refractivity contribution >= 4 is 0 Å². The van der Waals surface area contributed by atoms with Gasteiger partial charge in [-0.1, -0.05) is 13.8 Å². The van der Waals surface area contributed by atoms with Gasteiger partial charge in [0.1, 0.15) is 5.75 Å². The maximum atomic E-state index is 5.75. The minimum absolute atomic E-state index is 0.218. The lowest BCUT2D eigenvalue weighted by molar-refractivity contribution is 0.208. The summed E-state index contributed by atoms with van der Waals surface area (Å²) in [7, 11) is 0. The fourth-order valence-electron chi connectivity index (χ4n) is 1.39. The molecule has 0 fully saturated rings. The van der Waals surface area contributed by atoms with Crippen LogP contribution in [0.2, 0.25) is 0 Å². The Morgan fingerprint density at radius 2 is 2.06 bits per heavy atom. The third kappa shape index (κ3) is 5.12. The number of aromatic nitrogens is 1. The summed E-state index contributed by atoms with van der Waals surface area (Å²) in [6.45, 7) is 9.34. The molecule has 3 nitrogen and oxygen atoms in total. The number of aryl methyl sites for hydroxylation is 1. The van der Waals surface area contributed by atoms with Crippen LogP contribution in [0.5, 0.6) is 5.75 Å². The van der Waals surface area contributed by atoms with Crippen molar-refractivity contribution in [3.63, 3.8) is 0 Å². The number of pyridine rings is 1. The number of nitrogens with one attached hydrogen (secondary N) is 1. The number of ether oxygens (including phenoxy) is 1. The van der Waals surface area contributed by atoms with E-state index in [1.807, 2.05) is 19.1 Å². The van der Waals surface area contributed by atoms with E-state index in [-0.39, 0.29) is 6.10 Å². The molecule has 0 saturated carbocycles. The predicted molar refractivity (Wildman–Crippen MR) is 66.8 cm³/mol. The van der Waals surface area contributed by atoms with E-state index in [1.165, 1.54) is 0 Å². The highest BCUT2D eigenvalue weighted by atomic mass is 16.5. The Kier molecular flexibility index (Phi) is 5.26. The molecular formula is C13H22N2O. The van der Waals surface area contributed by atoms with Gasteiger partial charge in [-0.2, -0.15) is 0 Å². The molecule has 1 unspecified atom stereocenters. The second-order valence-corrected chi connectivity index (χ2v) is 4.46. The molecule has 0 radical (unpaired) electrons. The molecule has 90 valence electrons. The molecule has 0 aromatic carbocycles. The van der Waals surface area contributed by atoms with Crippen molar-refractivity contribution in [2.45, 2.75) is 46.3 Å². The number of hydrogen-bond donors (Lipinski definition) is 1. The van der Waals surface area contributed by atoms with Crippen molar-refractivity contribution in [1.29, 1.82) is 0 Å². The molecule has 1 N–H and O–H groups in total. The zero-order valence-corrected chi connectivity index (χ0v) is 10.7. The van der Waals surface area contributed by atoms with E-state index < -0.39 is 0 Å². The Morgan fingerprint density at radius 1 is 1.31 bits per heavy atom. The normalized spacial score (nSPS) is 12.8. The highest BCUT2D eigenvalue weighted by Crippen LogP contribution is 2.11. The van der Waals surface area contributed by atoms with E-state index in [1.54, 1.807) is 6.20 Å². The quantitative estimate of drug-likeness (QED) is 0.803. The van der Waals surface area contributed by atoms with Crippen molar-refractivity contribution in [3.8, 4) is 5.75 Å². The molecule has 1 heterocycles. The van der Waals surface area contributed by atoms with Gasteiger partial charge in [-0.25, -0.2) is 0 Å². The standard InChI is InChI=1S/C13H22N2O/c1-10(2)14-8-7-12(4)16-13-6-5-11(3)15-9-13/h5-6,9-10,12,14H,7-8H2,1-4H3. The SMILES string of the molecule is Cc1ccc(OC(C)CCNC(C)C)cn1. The van der Waals surface area contributed by atoms with E-state index in [0.29, 0.717) is 6.04 Å². The first kappa shape index (κ1) is 13.0. The smallest absolute Gasteiger partial charge is 0.138 e. The summed E-state index contributed by atoms with van der Waals surface area (Å²) in [4.78, 5) is 4.20. The number of nitrogens with zero attached hydrogens (tertiary/aromatic N) is 1. The molecule has 0 saturated heterocycles. The van der Waals surface area contributed by atoms with Crippen LogP contribution >= 0.6 is 0 Å². The van der Waals surface area contributed by atoms with Gasteiger partial charge in [0.25, 0.3) is 0 Å². The summed E-state index contributed by atoms with van der Waals surface area (Å²) < 4.78 is 5.75. The molecule has 0 bridgehead atoms. The zero-order chi connectivity index (χ0) is 12.0. The molecule has 1 atom stereocenters. The maximum Gasteiger partial charge on any atom is 0.138 e. The minimum atomic E-state index is 0.218. The highest BCUT2D eigenvalue weighted by molar-refractivity contribution is 5.19. The van der Waals surface area contributed by atoms with Crippen LogP contribution in [-0.4, -0.2) is 23.7 Å². The van der Waals surface area contributed by atoms with Crippen LogP contribution in [0.25, 0.3) is 0 Å². The Morgan fingerprint density at radius 3 is 2.62 bits per heavy atom. The monoisotopic (exact) mass is 222 g/mol. The van der Waals surface area contributed by atoms with Gasteiger partial charge in [-0.05, 0) is 38.9 Å². The van der Waals surface area contributed by atoms with Crippen molar-refractivity contribution in [2.24, 2.45) is 0 Å². The lowest BCUT2D eigenvalue weighted by Crippen LogP contribution is -2.27. The van der Waals surface area contributed by atoms with Crippen LogP contribution in [0, 0.1) is 6.92 Å². The summed E-state index contributed by atoms with van der Waals surface area (Å²) in [5.41, 5.74) is 1.02. The maximum absolute atomic E-state index is 5.75. The van der Waals surface area contributed by atoms with Gasteiger partial charge in [-0.3, -0.25) is 4.98 Å². The van der Waals surface area contributed by atoms with Crippen LogP contribution in [0.3, 0.4) is 0 Å². The first-order valence-electron chi connectivity index (χ1n) is 5.90. The second-order valence-electron chi connectivity index (χ2n) is 4.46. The summed E-state index contributed by atoms with van der Waals surface area (Å²) in [6, 6.07) is 4.47. The van der Waals surface area contributed by atoms with Crippen LogP contribution in [0.15, 0.2) is 18.3 Å². The van der Waals surface area contributed by atoms with Crippen LogP contribution in [-0.2, 0) is 0 Å². The van der Waals surface area contributed by atoms with Gasteiger partial charge >= 0.3 is 0 Å². The Labute approximate surface area is 98.2 Å². The molecule has 1 aromatic rings. The Bertz CT molecular complexity index is 295. The van der Waals surface area contributed by atoms with E-state index >= 15 is 0 Å². The molecule has 0 aliphatic carbocycles. The molecule has 0 aliphatic rings. The molecule has 0 amide bonds. The van der Waals surface area contributed by atoms with Crippen LogP contribution in [0.1, 0.15) is 32.9 Å². The summed E-state index contributed by atoms with van der Waals surface area (Å²) in [5, 5.41) is 3.38. The number of rotatable bonds is 6. The highest BCUT2D eigenvalue weighted by Gasteiger charge is 2.04. The average Bonchev–Trinajstić information content (AvgIpc) is 2.21. The lowest BCUT2D eigenvalue weighted by atomic mass is 10.2. The molecule has 0 aliphatic heterocycles. The van der Waals surface area contributed by atoms with Crippen molar-refractivity contribution in [2.75, 3.05) is 6.54 Å². The molecule has 3 heteroatoms. The van der Waals surface area contributed by atoms with Crippen molar-refractivity contribution in [3.05, 3.63) is 24.0 Å². The lowest BCUT2D eigenvalue weighted by Gasteiger charge is -2.15. The van der Waals surface area contributed by atoms with Gasteiger partial charge in [0.15, 0.2) is 0 Å². The van der Waals surface area contributed by atoms with Gasteiger partial charge in [0, 0.05) is 11.7 Å². The van der Waals surface area contributed by atoms with Gasteiger partial charge in [-0.15, -0.1) is 0 Å². The molecule has 16 heavy (non-hydrogen) atoms. The third-order valence-corrected chi connectivity index (χ3v) is 2.32. The van der Waals surface area contributed by atoms with E-state index in [4.69, 9.17) is 4.74 Å². The fraction of sp³-hybridized carbons (Fsp3) is 0.615. The first-order chi connectivity index (χ1) is 7.58. The predicted octanol–water partition coefficient (Wildman–Crippen LogP) is 2.55. The summed E-state index contributed by atoms with van der Waals surface area (Å²) in [6.07, 6.45) is 3.00. The zero-order valence-electron chi connectivity index (χ0n) is 10.7. The van der Waals surface area contributed by atoms with Gasteiger partial charge < -0.3 is 10.1 Å². The molecule has 0 spiro atoms. The summed E-state index contributed by atoms with van der Waals surface area (Å²) in [5.74, 6) is 0.850. The van der Waals surface area contributed by atoms with E-state index in [2.05, 4.69) is 31.1 Å². The van der Waals surface area contributed by atoms with Crippen molar-refractivity contribution < 1.29 is 4.74 Å². The molecule has 1 rings (SSSR count). The largest absolute Gasteiger partial charge is 0.489 e. The molecular weight excluding hydrogens is 200 g/mol. The number of hydrogen-bond acceptors (Lipinski definition) is 3. The first-order valence-corrected chi connectivity index (χ1v) is 5.90. The van der Waals surface area contributed by atoms with Gasteiger partial charge in [0.05, 0.1) is 12.3 Å². The van der Waals surface area contributed by atoms with Gasteiger partial charge in [0.2, 0.25) is 0 Å². The van der Waals surface area contributed by atoms with Crippen LogP contribution < -0.4 is 10.1 Å². The second kappa shape index (κ2) is 6.48. The Balaban J connectivity index is 2.28. The summed E-state index contributed by atoms with van der Waals surface area (Å²) >= 11 is 0. The molecule has 1 aromatic heterocycles. The van der Waals surface area contributed by atoms with Crippen LogP contribution in [0.4, 0.5) is 0 Å². The minimum Gasteiger partial charge on any atom is -0.489 e. The topological polar surface area (TPSA) is 34.1 Å². The van der Waals surface area contributed by atoms with E-state index in [0.717, 1.165) is 24.4 Å². The van der Waals surface area contributed by atoms with E-state index in [9.17, 15) is 0 Å². The van der Waals surface area contributed by atoms with Crippen molar-refractivity contribution in [1.82, 2.24) is 10.3 Å². The third-order valence-electron chi connectivity index (χ3n) is 2.32. The average molecular weight is 222 g/mol. The Hall–Kier alpha value is -1.09. The fourth-order valence-corrected chi connectivity index (χ4v) is 1.39.